The fraction of sp³-hybridized carbons (Fsp3) is 0.757. The second-order valence-corrected chi connectivity index (χ2v) is 12.9. The predicted molar refractivity (Wildman–Crippen MR) is 205 cm³/mol. The number of hydrogen-bond acceptors (Lipinski definition) is 9. The quantitative estimate of drug-likeness (QED) is 0.0370. The maximum atomic E-state index is 14.1. The predicted octanol–water partition coefficient (Wildman–Crippen LogP) is 1.47. The Morgan fingerprint density at radius 3 is 1.49 bits per heavy atom. The molecule has 294 valence electrons. The zero-order valence-electron chi connectivity index (χ0n) is 31.6. The van der Waals surface area contributed by atoms with Crippen molar-refractivity contribution < 1.29 is 24.0 Å². The molecule has 0 aliphatic heterocycles. The van der Waals surface area contributed by atoms with Crippen LogP contribution in [0.4, 0.5) is 0 Å². The molecule has 0 saturated heterocycles. The highest BCUT2D eigenvalue weighted by Gasteiger charge is 2.27. The molecule has 0 aromatic rings. The van der Waals surface area contributed by atoms with Crippen LogP contribution in [0.5, 0.6) is 0 Å². The first kappa shape index (κ1) is 47.7. The number of carbonyl (C=O) groups excluding carboxylic acids is 5. The minimum atomic E-state index is -0.777. The average molecular weight is 722 g/mol. The molecule has 0 bridgehead atoms. The van der Waals surface area contributed by atoms with Gasteiger partial charge in [-0.1, -0.05) is 51.0 Å². The Morgan fingerprint density at radius 2 is 1.04 bits per heavy atom. The van der Waals surface area contributed by atoms with Gasteiger partial charge in [0.25, 0.3) is 0 Å². The molecule has 0 rings (SSSR count). The Labute approximate surface area is 307 Å². The molecule has 0 radical (unpaired) electrons. The van der Waals surface area contributed by atoms with Crippen LogP contribution in [0.3, 0.4) is 0 Å². The summed E-state index contributed by atoms with van der Waals surface area (Å²) in [5.41, 5.74) is 23.3. The molecule has 0 aromatic carbocycles. The summed E-state index contributed by atoms with van der Waals surface area (Å²) < 4.78 is 0. The van der Waals surface area contributed by atoms with E-state index < -0.39 is 18.0 Å². The summed E-state index contributed by atoms with van der Waals surface area (Å²) in [6.45, 7) is 6.72. The van der Waals surface area contributed by atoms with Crippen LogP contribution < -0.4 is 44.2 Å². The van der Waals surface area contributed by atoms with Crippen LogP contribution >= 0.6 is 0 Å². The second-order valence-electron chi connectivity index (χ2n) is 12.9. The molecule has 14 heteroatoms. The van der Waals surface area contributed by atoms with Gasteiger partial charge in [-0.15, -0.1) is 0 Å². The van der Waals surface area contributed by atoms with Gasteiger partial charge in [-0.3, -0.25) is 24.0 Å². The molecule has 0 aliphatic rings. The van der Waals surface area contributed by atoms with E-state index in [0.29, 0.717) is 110 Å². The van der Waals surface area contributed by atoms with Crippen molar-refractivity contribution in [2.24, 2.45) is 28.9 Å². The number of nitrogens with two attached hydrogens (primary N) is 4. The summed E-state index contributed by atoms with van der Waals surface area (Å²) in [6.07, 6.45) is 17.8. The number of rotatable bonds is 32. The number of nitrogens with zero attached hydrogens (tertiary/aromatic N) is 1. The number of carbonyl (C=O) groups is 5. The summed E-state index contributed by atoms with van der Waals surface area (Å²) in [7, 11) is 0. The summed E-state index contributed by atoms with van der Waals surface area (Å²) >= 11 is 0. The zero-order valence-corrected chi connectivity index (χ0v) is 31.6. The highest BCUT2D eigenvalue weighted by atomic mass is 16.2. The molecule has 5 amide bonds. The third-order valence-electron chi connectivity index (χ3n) is 8.30. The molecule has 51 heavy (non-hydrogen) atoms. The maximum absolute atomic E-state index is 14.1. The van der Waals surface area contributed by atoms with E-state index in [9.17, 15) is 24.0 Å². The number of amides is 5. The van der Waals surface area contributed by atoms with Gasteiger partial charge in [0.15, 0.2) is 0 Å². The fourth-order valence-corrected chi connectivity index (χ4v) is 5.15. The van der Waals surface area contributed by atoms with Crippen molar-refractivity contribution in [1.29, 1.82) is 0 Å². The molecule has 0 spiro atoms. The van der Waals surface area contributed by atoms with Crippen LogP contribution in [-0.2, 0) is 24.0 Å². The molecule has 2 atom stereocenters. The van der Waals surface area contributed by atoms with Gasteiger partial charge in [0.2, 0.25) is 29.5 Å². The Bertz CT molecular complexity index is 992. The van der Waals surface area contributed by atoms with Gasteiger partial charge in [-0.2, -0.15) is 0 Å². The molecule has 0 fully saturated rings. The van der Waals surface area contributed by atoms with Crippen molar-refractivity contribution >= 4 is 29.5 Å². The molecule has 12 N–H and O–H groups in total. The van der Waals surface area contributed by atoms with Crippen molar-refractivity contribution in [3.8, 4) is 0 Å². The van der Waals surface area contributed by atoms with Crippen molar-refractivity contribution in [2.75, 3.05) is 52.4 Å². The van der Waals surface area contributed by atoms with Crippen LogP contribution in [0.25, 0.3) is 0 Å². The van der Waals surface area contributed by atoms with Crippen molar-refractivity contribution in [1.82, 2.24) is 26.2 Å². The Kier molecular flexibility index (Phi) is 30.4. The smallest absolute Gasteiger partial charge is 0.236 e. The van der Waals surface area contributed by atoms with E-state index in [2.05, 4.69) is 21.3 Å². The van der Waals surface area contributed by atoms with Gasteiger partial charge in [-0.05, 0) is 83.7 Å². The Balaban J connectivity index is 5.59. The van der Waals surface area contributed by atoms with E-state index in [1.165, 1.54) is 0 Å². The number of unbranched alkanes of at least 4 members (excludes halogenated alkanes) is 3. The van der Waals surface area contributed by atoms with Gasteiger partial charge >= 0.3 is 0 Å². The lowest BCUT2D eigenvalue weighted by molar-refractivity contribution is -0.136. The number of nitrogens with one attached hydrogen (secondary N) is 4. The topological polar surface area (TPSA) is 241 Å². The number of allylic oxidation sites excluding steroid dienone is 4. The molecule has 0 aromatic heterocycles. The summed E-state index contributed by atoms with van der Waals surface area (Å²) in [5.74, 6) is -1.84. The molecule has 0 saturated carbocycles. The number of hydrogen-bond donors (Lipinski definition) is 8. The standard InChI is InChI=1S/C37H71N9O5/c1-3-5-7-9-20-33(47)42-24-15-16-26-46(27-17-25-43-34(48)21-10-8-6-4-2)37(51)30(28-44-35(49)31(40)18-11-13-22-38)29-45-36(50)32(41)19-12-14-23-39/h5-8,30-32H,3-4,9-29,38-41H2,1-2H3,(H,42,47)(H,43,48)(H,44,49)(H,45,50)/t31-,32-/m0/s1. The van der Waals surface area contributed by atoms with E-state index in [0.717, 1.165) is 25.7 Å². The first-order valence-electron chi connectivity index (χ1n) is 19.2. The Morgan fingerprint density at radius 1 is 0.588 bits per heavy atom. The molecule has 0 unspecified atom stereocenters. The normalized spacial score (nSPS) is 12.6. The summed E-state index contributed by atoms with van der Waals surface area (Å²) in [4.78, 5) is 65.9. The van der Waals surface area contributed by atoms with Gasteiger partial charge in [-0.25, -0.2) is 0 Å². The van der Waals surface area contributed by atoms with E-state index in [-0.39, 0.29) is 42.6 Å². The lowest BCUT2D eigenvalue weighted by atomic mass is 10.0. The van der Waals surface area contributed by atoms with Crippen LogP contribution in [0, 0.1) is 5.92 Å². The molecule has 0 heterocycles. The van der Waals surface area contributed by atoms with Crippen LogP contribution in [-0.4, -0.2) is 98.9 Å². The third kappa shape index (κ3) is 26.2. The van der Waals surface area contributed by atoms with Crippen LogP contribution in [0.1, 0.15) is 110 Å². The largest absolute Gasteiger partial charge is 0.356 e. The average Bonchev–Trinajstić information content (AvgIpc) is 3.12. The first-order chi connectivity index (χ1) is 24.6. The lowest BCUT2D eigenvalue weighted by Crippen LogP contribution is -2.51. The van der Waals surface area contributed by atoms with Crippen LogP contribution in [0.15, 0.2) is 24.3 Å². The van der Waals surface area contributed by atoms with E-state index in [1.54, 1.807) is 4.90 Å². The molecule has 14 nitrogen and oxygen atoms in total. The van der Waals surface area contributed by atoms with E-state index >= 15 is 0 Å². The zero-order chi connectivity index (χ0) is 38.1. The van der Waals surface area contributed by atoms with Gasteiger partial charge in [0.1, 0.15) is 0 Å². The maximum Gasteiger partial charge on any atom is 0.236 e. The highest BCUT2D eigenvalue weighted by molar-refractivity contribution is 5.85. The summed E-state index contributed by atoms with van der Waals surface area (Å²) in [5, 5.41) is 11.5. The molecular formula is C37H71N9O5. The van der Waals surface area contributed by atoms with Crippen molar-refractivity contribution in [3.63, 3.8) is 0 Å². The van der Waals surface area contributed by atoms with Crippen LogP contribution in [0.2, 0.25) is 0 Å². The Hall–Kier alpha value is -3.33. The van der Waals surface area contributed by atoms with Gasteiger partial charge in [0, 0.05) is 52.1 Å². The molecule has 0 aliphatic carbocycles. The van der Waals surface area contributed by atoms with Gasteiger partial charge in [0.05, 0.1) is 18.0 Å². The van der Waals surface area contributed by atoms with E-state index in [4.69, 9.17) is 22.9 Å². The van der Waals surface area contributed by atoms with Crippen molar-refractivity contribution in [3.05, 3.63) is 24.3 Å². The minimum absolute atomic E-state index is 0.0152. The van der Waals surface area contributed by atoms with E-state index in [1.807, 2.05) is 38.2 Å². The third-order valence-corrected chi connectivity index (χ3v) is 8.30. The lowest BCUT2D eigenvalue weighted by Gasteiger charge is -2.29. The fourth-order valence-electron chi connectivity index (χ4n) is 5.15. The second kappa shape index (κ2) is 32.6. The SMILES string of the molecule is CCC=CCCC(=O)NCCCCN(CCCNC(=O)CCC=CCC)C(=O)C(CNC(=O)[C@@H](N)CCCCN)CNC(=O)[C@@H](N)CCCCN. The van der Waals surface area contributed by atoms with Gasteiger partial charge < -0.3 is 49.1 Å². The minimum Gasteiger partial charge on any atom is -0.356 e. The van der Waals surface area contributed by atoms with Crippen molar-refractivity contribution in [2.45, 2.75) is 122 Å². The molecular weight excluding hydrogens is 650 g/mol. The summed E-state index contributed by atoms with van der Waals surface area (Å²) in [6, 6.07) is -1.49. The monoisotopic (exact) mass is 722 g/mol. The first-order valence-corrected chi connectivity index (χ1v) is 19.2. The highest BCUT2D eigenvalue weighted by Crippen LogP contribution is 2.08.